The van der Waals surface area contributed by atoms with Crippen molar-refractivity contribution in [1.29, 1.82) is 0 Å². The molecule has 1 heterocycles. The lowest BCUT2D eigenvalue weighted by atomic mass is 10.2. The van der Waals surface area contributed by atoms with E-state index >= 15 is 0 Å². The van der Waals surface area contributed by atoms with Gasteiger partial charge in [-0.1, -0.05) is 18.2 Å². The van der Waals surface area contributed by atoms with Gasteiger partial charge in [-0.25, -0.2) is 0 Å². The molecule has 1 atom stereocenters. The number of benzene rings is 1. The standard InChI is InChI=1S/C10H10F3NOS/c11-10(12,13)15-8-4-2-1-3-7(8)9-14-5-6-16-9/h1-4,9,14H,5-6H2. The number of alkyl halides is 3. The molecule has 0 bridgehead atoms. The Bertz CT molecular complexity index is 363. The van der Waals surface area contributed by atoms with Gasteiger partial charge in [-0.3, -0.25) is 0 Å². The van der Waals surface area contributed by atoms with Crippen LogP contribution < -0.4 is 10.1 Å². The van der Waals surface area contributed by atoms with Crippen molar-refractivity contribution in [1.82, 2.24) is 5.32 Å². The molecule has 0 spiro atoms. The van der Waals surface area contributed by atoms with Crippen molar-refractivity contribution in [2.75, 3.05) is 12.3 Å². The van der Waals surface area contributed by atoms with Gasteiger partial charge >= 0.3 is 6.36 Å². The van der Waals surface area contributed by atoms with E-state index in [1.165, 1.54) is 12.1 Å². The van der Waals surface area contributed by atoms with Gasteiger partial charge in [0.15, 0.2) is 0 Å². The fraction of sp³-hybridized carbons (Fsp3) is 0.400. The van der Waals surface area contributed by atoms with Gasteiger partial charge in [-0.05, 0) is 6.07 Å². The third-order valence-corrected chi connectivity index (χ3v) is 3.34. The predicted molar refractivity (Wildman–Crippen MR) is 56.3 cm³/mol. The van der Waals surface area contributed by atoms with Gasteiger partial charge in [0.25, 0.3) is 0 Å². The fourth-order valence-corrected chi connectivity index (χ4v) is 2.62. The van der Waals surface area contributed by atoms with E-state index in [1.54, 1.807) is 23.9 Å². The molecule has 1 aliphatic heterocycles. The van der Waals surface area contributed by atoms with Crippen LogP contribution in [0.5, 0.6) is 5.75 Å². The Labute approximate surface area is 95.2 Å². The van der Waals surface area contributed by atoms with Crippen LogP contribution in [0.15, 0.2) is 24.3 Å². The average molecular weight is 249 g/mol. The Balaban J connectivity index is 2.23. The summed E-state index contributed by atoms with van der Waals surface area (Å²) in [5.74, 6) is 0.771. The van der Waals surface area contributed by atoms with Crippen molar-refractivity contribution in [3.8, 4) is 5.75 Å². The molecule has 6 heteroatoms. The lowest BCUT2D eigenvalue weighted by Gasteiger charge is -2.16. The Morgan fingerprint density at radius 3 is 2.69 bits per heavy atom. The van der Waals surface area contributed by atoms with Crippen LogP contribution in [0.3, 0.4) is 0 Å². The summed E-state index contributed by atoms with van der Waals surface area (Å²) in [5.41, 5.74) is 0.544. The van der Waals surface area contributed by atoms with Gasteiger partial charge in [-0.2, -0.15) is 0 Å². The number of hydrogen-bond donors (Lipinski definition) is 1. The van der Waals surface area contributed by atoms with Crippen LogP contribution in [0.1, 0.15) is 10.9 Å². The molecule has 0 aromatic heterocycles. The summed E-state index contributed by atoms with van der Waals surface area (Å²) in [6.45, 7) is 0.801. The first kappa shape index (κ1) is 11.6. The van der Waals surface area contributed by atoms with E-state index in [9.17, 15) is 13.2 Å². The number of ether oxygens (including phenoxy) is 1. The molecular formula is C10H10F3NOS. The molecule has 0 aliphatic carbocycles. The molecule has 1 saturated heterocycles. The first-order chi connectivity index (χ1) is 7.56. The van der Waals surface area contributed by atoms with Crippen LogP contribution in [0.2, 0.25) is 0 Å². The van der Waals surface area contributed by atoms with Crippen molar-refractivity contribution in [3.05, 3.63) is 29.8 Å². The minimum Gasteiger partial charge on any atom is -0.405 e. The second kappa shape index (κ2) is 4.55. The van der Waals surface area contributed by atoms with Gasteiger partial charge in [0, 0.05) is 17.9 Å². The first-order valence-electron chi connectivity index (χ1n) is 4.76. The summed E-state index contributed by atoms with van der Waals surface area (Å²) in [6, 6.07) is 6.23. The largest absolute Gasteiger partial charge is 0.573 e. The molecule has 2 nitrogen and oxygen atoms in total. The summed E-state index contributed by atoms with van der Waals surface area (Å²) in [7, 11) is 0. The molecule has 16 heavy (non-hydrogen) atoms. The number of thioether (sulfide) groups is 1. The maximum atomic E-state index is 12.2. The molecule has 2 rings (SSSR count). The lowest BCUT2D eigenvalue weighted by molar-refractivity contribution is -0.274. The minimum atomic E-state index is -4.64. The minimum absolute atomic E-state index is 0.112. The SMILES string of the molecule is FC(F)(F)Oc1ccccc1C1NCCS1. The highest BCUT2D eigenvalue weighted by Gasteiger charge is 2.33. The normalized spacial score (nSPS) is 21.1. The monoisotopic (exact) mass is 249 g/mol. The van der Waals surface area contributed by atoms with E-state index < -0.39 is 6.36 Å². The van der Waals surface area contributed by atoms with Crippen molar-refractivity contribution >= 4 is 11.8 Å². The van der Waals surface area contributed by atoms with Gasteiger partial charge in [0.2, 0.25) is 0 Å². The fourth-order valence-electron chi connectivity index (χ4n) is 1.54. The number of hydrogen-bond acceptors (Lipinski definition) is 3. The summed E-state index contributed by atoms with van der Waals surface area (Å²) in [5, 5.41) is 3.00. The zero-order valence-corrected chi connectivity index (χ0v) is 9.07. The number of rotatable bonds is 2. The molecule has 1 aliphatic rings. The highest BCUT2D eigenvalue weighted by Crippen LogP contribution is 2.37. The Morgan fingerprint density at radius 2 is 2.06 bits per heavy atom. The van der Waals surface area contributed by atoms with Crippen molar-refractivity contribution < 1.29 is 17.9 Å². The van der Waals surface area contributed by atoms with E-state index in [-0.39, 0.29) is 11.1 Å². The van der Waals surface area contributed by atoms with Crippen LogP contribution in [0.25, 0.3) is 0 Å². The third kappa shape index (κ3) is 2.82. The number of nitrogens with one attached hydrogen (secondary N) is 1. The maximum Gasteiger partial charge on any atom is 0.573 e. The van der Waals surface area contributed by atoms with E-state index in [0.29, 0.717) is 5.56 Å². The van der Waals surface area contributed by atoms with Crippen LogP contribution in [0.4, 0.5) is 13.2 Å². The van der Waals surface area contributed by atoms with E-state index in [2.05, 4.69) is 10.1 Å². The summed E-state index contributed by atoms with van der Waals surface area (Å²) >= 11 is 1.58. The molecule has 1 aromatic rings. The van der Waals surface area contributed by atoms with Crippen LogP contribution in [-0.2, 0) is 0 Å². The van der Waals surface area contributed by atoms with Crippen molar-refractivity contribution in [2.24, 2.45) is 0 Å². The van der Waals surface area contributed by atoms with Gasteiger partial charge < -0.3 is 10.1 Å². The molecule has 0 amide bonds. The summed E-state index contributed by atoms with van der Waals surface area (Å²) in [4.78, 5) is 0. The Hall–Kier alpha value is -0.880. The van der Waals surface area contributed by atoms with Gasteiger partial charge in [0.05, 0.1) is 5.37 Å². The van der Waals surface area contributed by atoms with E-state index in [4.69, 9.17) is 0 Å². The van der Waals surface area contributed by atoms with E-state index in [1.807, 2.05) is 0 Å². The smallest absolute Gasteiger partial charge is 0.405 e. The molecule has 1 N–H and O–H groups in total. The van der Waals surface area contributed by atoms with Crippen LogP contribution in [-0.4, -0.2) is 18.7 Å². The number of para-hydroxylation sites is 1. The highest BCUT2D eigenvalue weighted by atomic mass is 32.2. The predicted octanol–water partition coefficient (Wildman–Crippen LogP) is 2.92. The Morgan fingerprint density at radius 1 is 1.31 bits per heavy atom. The maximum absolute atomic E-state index is 12.2. The van der Waals surface area contributed by atoms with Crippen molar-refractivity contribution in [2.45, 2.75) is 11.7 Å². The van der Waals surface area contributed by atoms with Crippen LogP contribution >= 0.6 is 11.8 Å². The molecule has 0 radical (unpaired) electrons. The molecular weight excluding hydrogens is 239 g/mol. The average Bonchev–Trinajstić information content (AvgIpc) is 2.69. The number of halogens is 3. The van der Waals surface area contributed by atoms with E-state index in [0.717, 1.165) is 12.3 Å². The summed E-state index contributed by atoms with van der Waals surface area (Å²) in [6.07, 6.45) is -4.64. The molecule has 0 saturated carbocycles. The molecule has 1 unspecified atom stereocenters. The second-order valence-electron chi connectivity index (χ2n) is 3.29. The topological polar surface area (TPSA) is 21.3 Å². The van der Waals surface area contributed by atoms with Gasteiger partial charge in [0.1, 0.15) is 5.75 Å². The zero-order valence-electron chi connectivity index (χ0n) is 8.25. The quantitative estimate of drug-likeness (QED) is 0.870. The molecule has 1 aromatic carbocycles. The second-order valence-corrected chi connectivity index (χ2v) is 4.50. The highest BCUT2D eigenvalue weighted by molar-refractivity contribution is 7.99. The third-order valence-electron chi connectivity index (χ3n) is 2.14. The molecule has 88 valence electrons. The summed E-state index contributed by atoms with van der Waals surface area (Å²) < 4.78 is 40.5. The zero-order chi connectivity index (χ0) is 11.6. The van der Waals surface area contributed by atoms with Crippen molar-refractivity contribution in [3.63, 3.8) is 0 Å². The van der Waals surface area contributed by atoms with Gasteiger partial charge in [-0.15, -0.1) is 24.9 Å². The lowest BCUT2D eigenvalue weighted by Crippen LogP contribution is -2.20. The molecule has 1 fully saturated rings. The Kier molecular flexibility index (Phi) is 3.30. The van der Waals surface area contributed by atoms with Crippen LogP contribution in [0, 0.1) is 0 Å². The first-order valence-corrected chi connectivity index (χ1v) is 5.81.